The SMILES string of the molecule is COc1cc(OCCN2CCC3(C2)C(O)=C(c2nc4ccccc4[nH]2)C(=N)N3c2cc(OC)cc(OC)c2)cc(N2C(=N)C(c3nc4ccccc4[nH]3)=C(O)C23CCNC3)c1. The number of hydrogen-bond donors (Lipinski definition) is 7. The number of H-pyrrole nitrogens is 2. The lowest BCUT2D eigenvalue weighted by atomic mass is 9.94. The molecule has 0 aliphatic carbocycles. The smallest absolute Gasteiger partial charge is 0.145 e. The number of aliphatic hydroxyl groups excluding tert-OH is 2. The quantitative estimate of drug-likeness (QED) is 0.0775. The lowest BCUT2D eigenvalue weighted by molar-refractivity contribution is 0.224. The van der Waals surface area contributed by atoms with Gasteiger partial charge in [0, 0.05) is 62.6 Å². The van der Waals surface area contributed by atoms with Crippen LogP contribution in [-0.4, -0.2) is 118 Å². The number of nitrogens with zero attached hydrogens (tertiary/aromatic N) is 5. The zero-order valence-corrected chi connectivity index (χ0v) is 34.0. The van der Waals surface area contributed by atoms with Gasteiger partial charge in [0.15, 0.2) is 0 Å². The van der Waals surface area contributed by atoms with Crippen LogP contribution < -0.4 is 34.1 Å². The third kappa shape index (κ3) is 6.04. The van der Waals surface area contributed by atoms with Crippen LogP contribution in [0.25, 0.3) is 33.2 Å². The maximum absolute atomic E-state index is 12.3. The standard InChI is InChI=1S/C45H46N10O6/c1-58-28-18-26(19-29(22-28)59-2)55-41(47)37(43-51-34-10-6-7-11-35(34)52-43)39(57)45(55)13-15-53(25-45)16-17-61-31-21-27(20-30(23-31)60-3)54-40(46)36(38(56)44(54)12-14-48-24-44)42-49-32-8-4-5-9-33(32)50-42/h4-11,18-23,46-48,56-57H,12-17,24-25H2,1-3H3,(H,49,50)(H,51,52). The van der Waals surface area contributed by atoms with Crippen molar-refractivity contribution in [3.8, 4) is 23.0 Å². The van der Waals surface area contributed by atoms with E-state index >= 15 is 0 Å². The summed E-state index contributed by atoms with van der Waals surface area (Å²) in [5.41, 5.74) is 3.22. The molecule has 2 aromatic heterocycles. The molecule has 0 saturated carbocycles. The Bertz CT molecular complexity index is 2720. The Balaban J connectivity index is 0.925. The number of likely N-dealkylation sites (tertiary alicyclic amines) is 1. The molecule has 16 nitrogen and oxygen atoms in total. The summed E-state index contributed by atoms with van der Waals surface area (Å²) in [6.45, 7) is 2.92. The van der Waals surface area contributed by atoms with E-state index in [0.717, 1.165) is 22.1 Å². The summed E-state index contributed by atoms with van der Waals surface area (Å²) >= 11 is 0. The van der Waals surface area contributed by atoms with E-state index < -0.39 is 11.1 Å². The molecule has 10 rings (SSSR count). The Hall–Kier alpha value is -7.04. The van der Waals surface area contributed by atoms with Gasteiger partial charge in [-0.1, -0.05) is 24.3 Å². The number of fused-ring (bicyclic) bond motifs is 2. The van der Waals surface area contributed by atoms with E-state index in [4.69, 9.17) is 28.9 Å². The van der Waals surface area contributed by atoms with Gasteiger partial charge in [-0.15, -0.1) is 0 Å². The number of nitrogens with one attached hydrogen (secondary N) is 5. The van der Waals surface area contributed by atoms with Crippen LogP contribution in [0.4, 0.5) is 11.4 Å². The third-order valence-electron chi connectivity index (χ3n) is 12.5. The maximum atomic E-state index is 12.3. The van der Waals surface area contributed by atoms with E-state index in [0.29, 0.717) is 109 Å². The van der Waals surface area contributed by atoms with E-state index in [9.17, 15) is 21.0 Å². The van der Waals surface area contributed by atoms with Crippen LogP contribution in [0.15, 0.2) is 96.4 Å². The molecule has 2 spiro atoms. The molecule has 4 aliphatic heterocycles. The van der Waals surface area contributed by atoms with Crippen molar-refractivity contribution in [2.75, 3.05) is 70.5 Å². The zero-order valence-electron chi connectivity index (χ0n) is 34.0. The van der Waals surface area contributed by atoms with Gasteiger partial charge in [-0.05, 0) is 43.7 Å². The van der Waals surface area contributed by atoms with Gasteiger partial charge >= 0.3 is 0 Å². The first-order valence-electron chi connectivity index (χ1n) is 20.2. The molecule has 2 fully saturated rings. The molecule has 0 radical (unpaired) electrons. The Morgan fingerprint density at radius 1 is 0.672 bits per heavy atom. The van der Waals surface area contributed by atoms with Gasteiger partial charge < -0.3 is 54.2 Å². The van der Waals surface area contributed by atoms with Crippen molar-refractivity contribution in [2.24, 2.45) is 0 Å². The molecule has 6 aromatic rings. The number of aliphatic hydroxyl groups is 2. The van der Waals surface area contributed by atoms with Crippen LogP contribution in [0.1, 0.15) is 24.5 Å². The first-order chi connectivity index (χ1) is 29.7. The van der Waals surface area contributed by atoms with Gasteiger partial charge in [-0.25, -0.2) is 9.97 Å². The Morgan fingerprint density at radius 2 is 1.18 bits per heavy atom. The predicted octanol–water partition coefficient (Wildman–Crippen LogP) is 6.25. The van der Waals surface area contributed by atoms with Crippen molar-refractivity contribution in [3.63, 3.8) is 0 Å². The molecule has 0 amide bonds. The van der Waals surface area contributed by atoms with Gasteiger partial charge in [0.05, 0.1) is 65.9 Å². The second-order valence-corrected chi connectivity index (χ2v) is 15.8. The van der Waals surface area contributed by atoms with Crippen LogP contribution in [-0.2, 0) is 0 Å². The van der Waals surface area contributed by atoms with E-state index in [-0.39, 0.29) is 23.2 Å². The number of amidine groups is 2. The minimum atomic E-state index is -0.988. The molecule has 0 bridgehead atoms. The van der Waals surface area contributed by atoms with Crippen LogP contribution in [0, 0.1) is 10.8 Å². The minimum Gasteiger partial charge on any atom is -0.509 e. The molecule has 6 heterocycles. The minimum absolute atomic E-state index is 0.0708. The molecule has 16 heteroatoms. The molecule has 2 unspecified atom stereocenters. The Kier molecular flexibility index (Phi) is 9.14. The zero-order chi connectivity index (χ0) is 42.0. The Morgan fingerprint density at radius 3 is 1.70 bits per heavy atom. The number of imidazole rings is 2. The molecule has 2 atom stereocenters. The fraction of sp³-hybridized carbons (Fsp3) is 0.289. The van der Waals surface area contributed by atoms with Crippen LogP contribution in [0.2, 0.25) is 0 Å². The van der Waals surface area contributed by atoms with Crippen molar-refractivity contribution >= 4 is 56.3 Å². The molecule has 4 aliphatic rings. The molecule has 4 aromatic carbocycles. The molecular formula is C45H46N10O6. The van der Waals surface area contributed by atoms with Crippen LogP contribution in [0.5, 0.6) is 23.0 Å². The number of aromatic amines is 2. The van der Waals surface area contributed by atoms with Gasteiger partial charge in [0.2, 0.25) is 0 Å². The highest BCUT2D eigenvalue weighted by molar-refractivity contribution is 6.32. The second kappa shape index (κ2) is 14.6. The summed E-state index contributed by atoms with van der Waals surface area (Å²) in [5, 5.41) is 46.7. The summed E-state index contributed by atoms with van der Waals surface area (Å²) < 4.78 is 23.5. The monoisotopic (exact) mass is 822 g/mol. The highest BCUT2D eigenvalue weighted by Crippen LogP contribution is 2.49. The summed E-state index contributed by atoms with van der Waals surface area (Å²) in [4.78, 5) is 22.1. The molecular weight excluding hydrogens is 777 g/mol. The van der Waals surface area contributed by atoms with Gasteiger partial charge in [-0.2, -0.15) is 0 Å². The van der Waals surface area contributed by atoms with E-state index in [1.54, 1.807) is 27.4 Å². The highest BCUT2D eigenvalue weighted by atomic mass is 16.5. The van der Waals surface area contributed by atoms with Crippen molar-refractivity contribution in [1.82, 2.24) is 30.2 Å². The fourth-order valence-electron chi connectivity index (χ4n) is 9.51. The summed E-state index contributed by atoms with van der Waals surface area (Å²) in [7, 11) is 4.76. The van der Waals surface area contributed by atoms with Gasteiger partial charge in [-0.3, -0.25) is 15.7 Å². The number of para-hydroxylation sites is 4. The van der Waals surface area contributed by atoms with Crippen molar-refractivity contribution < 1.29 is 29.2 Å². The maximum Gasteiger partial charge on any atom is 0.145 e. The molecule has 2 saturated heterocycles. The first-order valence-corrected chi connectivity index (χ1v) is 20.2. The van der Waals surface area contributed by atoms with Crippen molar-refractivity contribution in [1.29, 1.82) is 10.8 Å². The van der Waals surface area contributed by atoms with E-state index in [2.05, 4.69) is 20.2 Å². The van der Waals surface area contributed by atoms with Crippen molar-refractivity contribution in [3.05, 3.63) is 108 Å². The van der Waals surface area contributed by atoms with Gasteiger partial charge in [0.25, 0.3) is 0 Å². The molecule has 312 valence electrons. The summed E-state index contributed by atoms with van der Waals surface area (Å²) in [6.07, 6.45) is 1.09. The Labute approximate surface area is 351 Å². The van der Waals surface area contributed by atoms with Crippen LogP contribution in [0.3, 0.4) is 0 Å². The fourth-order valence-corrected chi connectivity index (χ4v) is 9.51. The molecule has 61 heavy (non-hydrogen) atoms. The van der Waals surface area contributed by atoms with Gasteiger partial charge in [0.1, 0.15) is 75.5 Å². The van der Waals surface area contributed by atoms with E-state index in [1.807, 2.05) is 88.7 Å². The number of benzene rings is 4. The lowest BCUT2D eigenvalue weighted by Crippen LogP contribution is -2.51. The number of anilines is 2. The van der Waals surface area contributed by atoms with Crippen molar-refractivity contribution in [2.45, 2.75) is 23.9 Å². The summed E-state index contributed by atoms with van der Waals surface area (Å²) in [6, 6.07) is 26.3. The average molecular weight is 823 g/mol. The largest absolute Gasteiger partial charge is 0.509 e. The number of ether oxygens (including phenoxy) is 4. The molecule has 7 N–H and O–H groups in total. The van der Waals surface area contributed by atoms with Crippen LogP contribution >= 0.6 is 0 Å². The third-order valence-corrected chi connectivity index (χ3v) is 12.5. The average Bonchev–Trinajstić information content (AvgIpc) is 4.13. The van der Waals surface area contributed by atoms with E-state index in [1.165, 1.54) is 0 Å². The topological polar surface area (TPSA) is 204 Å². The number of methoxy groups -OCH3 is 3. The highest BCUT2D eigenvalue weighted by Gasteiger charge is 2.56. The second-order valence-electron chi connectivity index (χ2n) is 15.8. The lowest BCUT2D eigenvalue weighted by Gasteiger charge is -2.37. The first kappa shape index (κ1) is 38.2. The number of rotatable bonds is 11. The number of hydrogen-bond acceptors (Lipinski definition) is 12. The summed E-state index contributed by atoms with van der Waals surface area (Å²) in [5.74, 6) is 3.46. The normalized spacial score (nSPS) is 21.8. The predicted molar refractivity (Wildman–Crippen MR) is 234 cm³/mol. The number of aromatic nitrogens is 4.